The summed E-state index contributed by atoms with van der Waals surface area (Å²) < 4.78 is 0. The maximum absolute atomic E-state index is 11.1. The number of rotatable bonds is 7. The molecule has 0 aliphatic heterocycles. The summed E-state index contributed by atoms with van der Waals surface area (Å²) in [5.74, 6) is 0.700. The Morgan fingerprint density at radius 3 is 2.76 bits per heavy atom. The second-order valence-electron chi connectivity index (χ2n) is 5.74. The lowest BCUT2D eigenvalue weighted by Gasteiger charge is -2.24. The fraction of sp³-hybridized carbons (Fsp3) is 0.625. The molecule has 1 aliphatic rings. The summed E-state index contributed by atoms with van der Waals surface area (Å²) in [7, 11) is 0. The predicted octanol–water partition coefficient (Wildman–Crippen LogP) is 4.35. The minimum atomic E-state index is -0.334. The number of nitro groups is 1. The monoisotopic (exact) mass is 310 g/mol. The Labute approximate surface area is 131 Å². The van der Waals surface area contributed by atoms with Gasteiger partial charge in [-0.3, -0.25) is 10.1 Å². The van der Waals surface area contributed by atoms with Crippen molar-refractivity contribution in [2.45, 2.75) is 51.5 Å². The molecule has 5 heteroatoms. The molecule has 0 spiro atoms. The van der Waals surface area contributed by atoms with Gasteiger partial charge in [-0.15, -0.1) is 0 Å². The van der Waals surface area contributed by atoms with E-state index in [1.165, 1.54) is 25.7 Å². The summed E-state index contributed by atoms with van der Waals surface area (Å²) >= 11 is 6.17. The highest BCUT2D eigenvalue weighted by Crippen LogP contribution is 2.32. The molecule has 1 aliphatic carbocycles. The second-order valence-corrected chi connectivity index (χ2v) is 6.15. The number of nitro benzene ring substituents is 1. The first-order valence-electron chi connectivity index (χ1n) is 7.78. The molecule has 1 unspecified atom stereocenters. The molecule has 0 aromatic heterocycles. The fourth-order valence-electron chi connectivity index (χ4n) is 3.39. The summed E-state index contributed by atoms with van der Waals surface area (Å²) in [6.45, 7) is 3.05. The van der Waals surface area contributed by atoms with E-state index in [0.717, 1.165) is 13.0 Å². The minimum absolute atomic E-state index is 0.143. The molecule has 0 saturated heterocycles. The Bertz CT molecular complexity index is 487. The van der Waals surface area contributed by atoms with Crippen LogP contribution in [0.15, 0.2) is 18.2 Å². The zero-order valence-corrected chi connectivity index (χ0v) is 13.2. The van der Waals surface area contributed by atoms with Crippen LogP contribution in [0.5, 0.6) is 0 Å². The first-order valence-corrected chi connectivity index (χ1v) is 8.16. The van der Waals surface area contributed by atoms with Gasteiger partial charge < -0.3 is 5.32 Å². The minimum Gasteiger partial charge on any atom is -0.314 e. The summed E-state index contributed by atoms with van der Waals surface area (Å²) in [6, 6.07) is 5.36. The van der Waals surface area contributed by atoms with Gasteiger partial charge in [-0.2, -0.15) is 0 Å². The van der Waals surface area contributed by atoms with Crippen molar-refractivity contribution in [3.05, 3.63) is 38.9 Å². The van der Waals surface area contributed by atoms with Crippen molar-refractivity contribution in [2.24, 2.45) is 5.92 Å². The Kier molecular flexibility index (Phi) is 6.00. The molecule has 2 rings (SSSR count). The van der Waals surface area contributed by atoms with Gasteiger partial charge in [0.05, 0.1) is 9.95 Å². The van der Waals surface area contributed by atoms with Crippen LogP contribution in [0.1, 0.15) is 44.6 Å². The average Bonchev–Trinajstić information content (AvgIpc) is 2.98. The van der Waals surface area contributed by atoms with E-state index in [9.17, 15) is 10.1 Å². The van der Waals surface area contributed by atoms with Crippen molar-refractivity contribution in [2.75, 3.05) is 6.54 Å². The van der Waals surface area contributed by atoms with E-state index in [1.54, 1.807) is 18.2 Å². The Hall–Kier alpha value is -1.13. The van der Waals surface area contributed by atoms with Crippen LogP contribution in [0.25, 0.3) is 0 Å². The number of benzene rings is 1. The van der Waals surface area contributed by atoms with Gasteiger partial charge in [0, 0.05) is 17.7 Å². The third-order valence-corrected chi connectivity index (χ3v) is 4.79. The first-order chi connectivity index (χ1) is 10.1. The van der Waals surface area contributed by atoms with Crippen LogP contribution in [0.2, 0.25) is 5.02 Å². The van der Waals surface area contributed by atoms with Crippen LogP contribution in [0.3, 0.4) is 0 Å². The van der Waals surface area contributed by atoms with Gasteiger partial charge in [-0.05, 0) is 44.2 Å². The smallest absolute Gasteiger partial charge is 0.274 e. The molecule has 21 heavy (non-hydrogen) atoms. The second kappa shape index (κ2) is 7.76. The van der Waals surface area contributed by atoms with Crippen LogP contribution in [-0.2, 0) is 6.42 Å². The van der Waals surface area contributed by atoms with Gasteiger partial charge in [0.25, 0.3) is 5.69 Å². The van der Waals surface area contributed by atoms with E-state index >= 15 is 0 Å². The quantitative estimate of drug-likeness (QED) is 0.601. The molecule has 116 valence electrons. The molecule has 0 heterocycles. The van der Waals surface area contributed by atoms with Crippen LogP contribution < -0.4 is 5.32 Å². The Morgan fingerprint density at radius 1 is 1.43 bits per heavy atom. The molecule has 0 radical (unpaired) electrons. The lowest BCUT2D eigenvalue weighted by Crippen LogP contribution is -2.35. The van der Waals surface area contributed by atoms with Crippen molar-refractivity contribution >= 4 is 17.3 Å². The third-order valence-electron chi connectivity index (χ3n) is 4.43. The Morgan fingerprint density at radius 2 is 2.14 bits per heavy atom. The van der Waals surface area contributed by atoms with Gasteiger partial charge in [0.2, 0.25) is 0 Å². The summed E-state index contributed by atoms with van der Waals surface area (Å²) in [5, 5.41) is 15.2. The normalized spacial score (nSPS) is 17.0. The third kappa shape index (κ3) is 4.17. The molecule has 1 aromatic rings. The van der Waals surface area contributed by atoms with Gasteiger partial charge in [-0.25, -0.2) is 0 Å². The number of hydrogen-bond donors (Lipinski definition) is 1. The van der Waals surface area contributed by atoms with Gasteiger partial charge in [-0.1, -0.05) is 37.4 Å². The number of nitrogens with zero attached hydrogens (tertiary/aromatic N) is 1. The largest absolute Gasteiger partial charge is 0.314 e. The molecule has 1 N–H and O–H groups in total. The maximum Gasteiger partial charge on any atom is 0.274 e. The van der Waals surface area contributed by atoms with Crippen LogP contribution >= 0.6 is 11.6 Å². The molecular weight excluding hydrogens is 288 g/mol. The Balaban J connectivity index is 2.08. The van der Waals surface area contributed by atoms with Crippen LogP contribution in [0.4, 0.5) is 5.69 Å². The summed E-state index contributed by atoms with van der Waals surface area (Å²) in [4.78, 5) is 10.8. The summed E-state index contributed by atoms with van der Waals surface area (Å²) in [5.41, 5.74) is 0.814. The van der Waals surface area contributed by atoms with Gasteiger partial charge >= 0.3 is 0 Å². The van der Waals surface area contributed by atoms with Crippen molar-refractivity contribution in [3.63, 3.8) is 0 Å². The topological polar surface area (TPSA) is 55.2 Å². The van der Waals surface area contributed by atoms with E-state index in [-0.39, 0.29) is 10.6 Å². The molecule has 1 aromatic carbocycles. The van der Waals surface area contributed by atoms with Crippen molar-refractivity contribution < 1.29 is 4.92 Å². The number of halogens is 1. The van der Waals surface area contributed by atoms with E-state index in [0.29, 0.717) is 29.0 Å². The van der Waals surface area contributed by atoms with E-state index in [4.69, 9.17) is 11.6 Å². The molecule has 0 amide bonds. The first kappa shape index (κ1) is 16.2. The number of hydrogen-bond acceptors (Lipinski definition) is 3. The van der Waals surface area contributed by atoms with Crippen LogP contribution in [-0.4, -0.2) is 17.5 Å². The van der Waals surface area contributed by atoms with E-state index in [2.05, 4.69) is 12.2 Å². The van der Waals surface area contributed by atoms with Crippen LogP contribution in [0, 0.1) is 16.0 Å². The molecule has 1 atom stereocenters. The van der Waals surface area contributed by atoms with Gasteiger partial charge in [0.1, 0.15) is 0 Å². The zero-order valence-electron chi connectivity index (χ0n) is 12.5. The van der Waals surface area contributed by atoms with Crippen molar-refractivity contribution in [1.29, 1.82) is 0 Å². The lowest BCUT2D eigenvalue weighted by atomic mass is 9.92. The predicted molar refractivity (Wildman–Crippen MR) is 85.9 cm³/mol. The SMILES string of the molecule is CCNC(CCc1c(Cl)cccc1[N+](=O)[O-])C1CCCC1. The molecular formula is C16H23ClN2O2. The highest BCUT2D eigenvalue weighted by molar-refractivity contribution is 6.31. The summed E-state index contributed by atoms with van der Waals surface area (Å²) in [6.07, 6.45) is 6.70. The highest BCUT2D eigenvalue weighted by atomic mass is 35.5. The van der Waals surface area contributed by atoms with Gasteiger partial charge in [0.15, 0.2) is 0 Å². The van der Waals surface area contributed by atoms with Crippen molar-refractivity contribution in [3.8, 4) is 0 Å². The number of nitrogens with one attached hydrogen (secondary N) is 1. The molecule has 0 bridgehead atoms. The molecule has 1 saturated carbocycles. The standard InChI is InChI=1S/C16H23ClN2O2/c1-2-18-15(12-6-3-4-7-12)11-10-13-14(17)8-5-9-16(13)19(20)21/h5,8-9,12,15,18H,2-4,6-7,10-11H2,1H3. The average molecular weight is 311 g/mol. The molecule has 4 nitrogen and oxygen atoms in total. The van der Waals surface area contributed by atoms with E-state index < -0.39 is 0 Å². The molecule has 1 fully saturated rings. The fourth-order valence-corrected chi connectivity index (χ4v) is 3.66. The zero-order chi connectivity index (χ0) is 15.2. The van der Waals surface area contributed by atoms with Crippen molar-refractivity contribution in [1.82, 2.24) is 5.32 Å². The lowest BCUT2D eigenvalue weighted by molar-refractivity contribution is -0.385. The maximum atomic E-state index is 11.1. The van der Waals surface area contributed by atoms with E-state index in [1.807, 2.05) is 0 Å². The highest BCUT2D eigenvalue weighted by Gasteiger charge is 2.25.